The van der Waals surface area contributed by atoms with Crippen LogP contribution in [0.1, 0.15) is 22.3 Å². The maximum atomic E-state index is 13.6. The van der Waals surface area contributed by atoms with Gasteiger partial charge in [-0.2, -0.15) is 0 Å². The van der Waals surface area contributed by atoms with Gasteiger partial charge in [-0.25, -0.2) is 0 Å². The molecule has 5 rings (SSSR count). The first-order valence-electron chi connectivity index (χ1n) is 9.09. The molecule has 0 fully saturated rings. The van der Waals surface area contributed by atoms with Crippen LogP contribution < -0.4 is 5.73 Å². The van der Waals surface area contributed by atoms with Crippen LogP contribution in [-0.4, -0.2) is 10.9 Å². The zero-order chi connectivity index (χ0) is 19.3. The van der Waals surface area contributed by atoms with Gasteiger partial charge in [-0.3, -0.25) is 4.79 Å². The number of aromatic hydroxyl groups is 1. The van der Waals surface area contributed by atoms with Crippen LogP contribution >= 0.6 is 0 Å². The van der Waals surface area contributed by atoms with E-state index in [1.54, 1.807) is 24.3 Å². The van der Waals surface area contributed by atoms with Crippen molar-refractivity contribution in [1.82, 2.24) is 0 Å². The SMILES string of the molecule is Nc1ccc(C2=C(c3ccc(O)cc3)C(=O)C3=Cc4ccccc4C3=C2)cc1. The highest BCUT2D eigenvalue weighted by atomic mass is 16.3. The van der Waals surface area contributed by atoms with Crippen LogP contribution in [0.25, 0.3) is 22.8 Å². The quantitative estimate of drug-likeness (QED) is 0.633. The Morgan fingerprint density at radius 2 is 1.39 bits per heavy atom. The van der Waals surface area contributed by atoms with Crippen LogP contribution in [0, 0.1) is 0 Å². The van der Waals surface area contributed by atoms with Gasteiger partial charge in [0, 0.05) is 16.8 Å². The van der Waals surface area contributed by atoms with Crippen LogP contribution in [-0.2, 0) is 4.79 Å². The first-order valence-corrected chi connectivity index (χ1v) is 9.09. The summed E-state index contributed by atoms with van der Waals surface area (Å²) < 4.78 is 0. The normalized spacial score (nSPS) is 15.1. The predicted octanol–water partition coefficient (Wildman–Crippen LogP) is 4.95. The number of rotatable bonds is 2. The number of phenolic OH excluding ortho intramolecular Hbond substituents is 1. The molecular formula is C25H17NO2. The van der Waals surface area contributed by atoms with Crippen LogP contribution in [0.3, 0.4) is 0 Å². The minimum absolute atomic E-state index is 0.00813. The average Bonchev–Trinajstić information content (AvgIpc) is 3.09. The van der Waals surface area contributed by atoms with Gasteiger partial charge in [0.1, 0.15) is 5.75 Å². The van der Waals surface area contributed by atoms with Crippen molar-refractivity contribution in [2.24, 2.45) is 0 Å². The lowest BCUT2D eigenvalue weighted by Gasteiger charge is -2.21. The summed E-state index contributed by atoms with van der Waals surface area (Å²) in [5, 5.41) is 9.66. The highest BCUT2D eigenvalue weighted by Crippen LogP contribution is 2.45. The van der Waals surface area contributed by atoms with Crippen molar-refractivity contribution in [2.45, 2.75) is 0 Å². The number of benzene rings is 3. The fraction of sp³-hybridized carbons (Fsp3) is 0. The second-order valence-corrected chi connectivity index (χ2v) is 6.99. The third-order valence-electron chi connectivity index (χ3n) is 5.25. The lowest BCUT2D eigenvalue weighted by atomic mass is 9.81. The lowest BCUT2D eigenvalue weighted by Crippen LogP contribution is -2.12. The highest BCUT2D eigenvalue weighted by Gasteiger charge is 2.32. The fourth-order valence-corrected chi connectivity index (χ4v) is 3.87. The highest BCUT2D eigenvalue weighted by molar-refractivity contribution is 6.44. The number of anilines is 1. The van der Waals surface area contributed by atoms with Crippen molar-refractivity contribution in [1.29, 1.82) is 0 Å². The van der Waals surface area contributed by atoms with E-state index in [-0.39, 0.29) is 11.5 Å². The number of phenols is 1. The summed E-state index contributed by atoms with van der Waals surface area (Å²) >= 11 is 0. The Hall–Kier alpha value is -3.85. The number of hydrogen-bond acceptors (Lipinski definition) is 3. The minimum Gasteiger partial charge on any atom is -0.508 e. The van der Waals surface area contributed by atoms with Crippen molar-refractivity contribution in [3.05, 3.63) is 107 Å². The molecule has 3 N–H and O–H groups in total. The Morgan fingerprint density at radius 1 is 0.714 bits per heavy atom. The monoisotopic (exact) mass is 363 g/mol. The van der Waals surface area contributed by atoms with Crippen LogP contribution in [0.5, 0.6) is 5.75 Å². The number of carbonyl (C=O) groups is 1. The molecule has 0 atom stereocenters. The zero-order valence-electron chi connectivity index (χ0n) is 15.0. The summed E-state index contributed by atoms with van der Waals surface area (Å²) in [5.74, 6) is 0.163. The minimum atomic E-state index is -0.00813. The van der Waals surface area contributed by atoms with Gasteiger partial charge in [0.15, 0.2) is 5.78 Å². The van der Waals surface area contributed by atoms with Crippen molar-refractivity contribution in [3.8, 4) is 5.75 Å². The summed E-state index contributed by atoms with van der Waals surface area (Å²) in [4.78, 5) is 13.6. The topological polar surface area (TPSA) is 63.3 Å². The zero-order valence-corrected chi connectivity index (χ0v) is 15.0. The molecule has 0 heterocycles. The first-order chi connectivity index (χ1) is 13.6. The molecular weight excluding hydrogens is 346 g/mol. The number of hydrogen-bond donors (Lipinski definition) is 2. The molecule has 28 heavy (non-hydrogen) atoms. The molecule has 0 spiro atoms. The lowest BCUT2D eigenvalue weighted by molar-refractivity contribution is -0.110. The molecule has 2 aliphatic rings. The van der Waals surface area contributed by atoms with E-state index in [0.29, 0.717) is 16.8 Å². The summed E-state index contributed by atoms with van der Waals surface area (Å²) in [6.07, 6.45) is 4.05. The standard InChI is InChI=1S/C25H17NO2/c26-18-9-5-15(6-10-18)21-14-22-20-4-2-1-3-17(20)13-23(22)25(28)24(21)16-7-11-19(27)12-8-16/h1-14,27H,26H2. The Bertz CT molecular complexity index is 1210. The second kappa shape index (κ2) is 6.10. The number of carbonyl (C=O) groups excluding carboxylic acids is 1. The molecule has 0 aromatic heterocycles. The molecule has 0 bridgehead atoms. The maximum absolute atomic E-state index is 13.6. The second-order valence-electron chi connectivity index (χ2n) is 6.99. The van der Waals surface area contributed by atoms with Crippen LogP contribution in [0.4, 0.5) is 5.69 Å². The summed E-state index contributed by atoms with van der Waals surface area (Å²) in [7, 11) is 0. The van der Waals surface area contributed by atoms with E-state index >= 15 is 0 Å². The molecule has 3 nitrogen and oxygen atoms in total. The summed E-state index contributed by atoms with van der Waals surface area (Å²) in [6.45, 7) is 0. The Morgan fingerprint density at radius 3 is 2.14 bits per heavy atom. The van der Waals surface area contributed by atoms with Gasteiger partial charge >= 0.3 is 0 Å². The molecule has 0 saturated carbocycles. The van der Waals surface area contributed by atoms with E-state index in [1.807, 2.05) is 54.6 Å². The maximum Gasteiger partial charge on any atom is 0.194 e. The van der Waals surface area contributed by atoms with Gasteiger partial charge in [0.05, 0.1) is 0 Å². The van der Waals surface area contributed by atoms with Gasteiger partial charge in [0.2, 0.25) is 0 Å². The molecule has 2 aliphatic carbocycles. The van der Waals surface area contributed by atoms with Crippen LogP contribution in [0.15, 0.2) is 84.4 Å². The predicted molar refractivity (Wildman–Crippen MR) is 113 cm³/mol. The van der Waals surface area contributed by atoms with Gasteiger partial charge in [-0.1, -0.05) is 48.5 Å². The van der Waals surface area contributed by atoms with E-state index in [0.717, 1.165) is 33.4 Å². The van der Waals surface area contributed by atoms with E-state index in [9.17, 15) is 9.90 Å². The molecule has 3 heteroatoms. The van der Waals surface area contributed by atoms with Gasteiger partial charge in [-0.15, -0.1) is 0 Å². The van der Waals surface area contributed by atoms with E-state index in [4.69, 9.17) is 5.73 Å². The van der Waals surface area contributed by atoms with Crippen LogP contribution in [0.2, 0.25) is 0 Å². The third kappa shape index (κ3) is 2.48. The van der Waals surface area contributed by atoms with Gasteiger partial charge in [0.25, 0.3) is 0 Å². The Balaban J connectivity index is 1.79. The van der Waals surface area contributed by atoms with Crippen molar-refractivity contribution in [3.63, 3.8) is 0 Å². The molecule has 3 aromatic carbocycles. The Labute approximate surface area is 162 Å². The number of fused-ring (bicyclic) bond motifs is 3. The van der Waals surface area contributed by atoms with Gasteiger partial charge < -0.3 is 10.8 Å². The molecule has 134 valence electrons. The summed E-state index contributed by atoms with van der Waals surface area (Å²) in [5.41, 5.74) is 13.5. The fourth-order valence-electron chi connectivity index (χ4n) is 3.87. The van der Waals surface area contributed by atoms with E-state index in [2.05, 4.69) is 6.08 Å². The average molecular weight is 363 g/mol. The molecule has 3 aromatic rings. The number of ketones is 1. The molecule has 0 radical (unpaired) electrons. The van der Waals surface area contributed by atoms with E-state index in [1.165, 1.54) is 0 Å². The van der Waals surface area contributed by atoms with Gasteiger partial charge in [-0.05, 0) is 69.8 Å². The van der Waals surface area contributed by atoms with Crippen molar-refractivity contribution < 1.29 is 9.90 Å². The number of nitrogen functional groups attached to an aromatic ring is 1. The molecule has 0 saturated heterocycles. The van der Waals surface area contributed by atoms with Crippen molar-refractivity contribution in [2.75, 3.05) is 5.73 Å². The molecule has 0 unspecified atom stereocenters. The van der Waals surface area contributed by atoms with E-state index < -0.39 is 0 Å². The molecule has 0 amide bonds. The third-order valence-corrected chi connectivity index (χ3v) is 5.25. The van der Waals surface area contributed by atoms with Crippen molar-refractivity contribution >= 4 is 34.3 Å². The number of Topliss-reactive ketones (excluding diaryl/α,β-unsaturated/α-hetero) is 1. The Kier molecular flexibility index (Phi) is 3.56. The molecule has 0 aliphatic heterocycles. The summed E-state index contributed by atoms with van der Waals surface area (Å²) in [6, 6.07) is 22.4. The number of allylic oxidation sites excluding steroid dienone is 5. The number of nitrogens with two attached hydrogens (primary N) is 1. The smallest absolute Gasteiger partial charge is 0.194 e. The first kappa shape index (κ1) is 16.3. The largest absolute Gasteiger partial charge is 0.508 e.